The molecule has 1 heterocycles. The molecule has 0 atom stereocenters. The average Bonchev–Trinajstić information content (AvgIpc) is 3.04. The topological polar surface area (TPSA) is 54.2 Å². The zero-order valence-electron chi connectivity index (χ0n) is 13.8. The second kappa shape index (κ2) is 9.64. The molecule has 2 aromatic rings. The Morgan fingerprint density at radius 2 is 2.00 bits per heavy atom. The van der Waals surface area contributed by atoms with Crippen LogP contribution in [-0.4, -0.2) is 35.4 Å². The summed E-state index contributed by atoms with van der Waals surface area (Å²) in [4.78, 5) is 4.48. The molecule has 0 aliphatic heterocycles. The predicted molar refractivity (Wildman–Crippen MR) is 90.9 cm³/mol. The number of aliphatic imine (C=N–C) groups is 1. The van der Waals surface area contributed by atoms with Crippen molar-refractivity contribution in [3.05, 3.63) is 53.9 Å². The molecule has 0 amide bonds. The fraction of sp³-hybridized carbons (Fsp3) is 0.412. The highest BCUT2D eigenvalue weighted by atomic mass is 19.1. The van der Waals surface area contributed by atoms with Gasteiger partial charge in [0.15, 0.2) is 5.96 Å². The minimum atomic E-state index is -0.552. The fourth-order valence-corrected chi connectivity index (χ4v) is 2.28. The number of aromatic nitrogens is 2. The lowest BCUT2D eigenvalue weighted by atomic mass is 10.1. The Morgan fingerprint density at radius 3 is 2.67 bits per heavy atom. The summed E-state index contributed by atoms with van der Waals surface area (Å²) in [6, 6.07) is 5.46. The minimum Gasteiger partial charge on any atom is -0.357 e. The largest absolute Gasteiger partial charge is 0.357 e. The molecule has 0 saturated heterocycles. The molecule has 0 spiro atoms. The first-order valence-corrected chi connectivity index (χ1v) is 8.12. The van der Waals surface area contributed by atoms with E-state index in [9.17, 15) is 8.78 Å². The van der Waals surface area contributed by atoms with Crippen molar-refractivity contribution in [2.24, 2.45) is 4.99 Å². The molecule has 5 nitrogen and oxygen atoms in total. The Balaban J connectivity index is 1.76. The monoisotopic (exact) mass is 335 g/mol. The molecule has 0 saturated carbocycles. The lowest BCUT2D eigenvalue weighted by Gasteiger charge is -2.11. The molecule has 24 heavy (non-hydrogen) atoms. The quantitative estimate of drug-likeness (QED) is 0.442. The highest BCUT2D eigenvalue weighted by molar-refractivity contribution is 5.79. The number of nitrogens with zero attached hydrogens (tertiary/aromatic N) is 3. The third kappa shape index (κ3) is 6.36. The molecule has 2 rings (SSSR count). The van der Waals surface area contributed by atoms with Gasteiger partial charge in [-0.15, -0.1) is 0 Å². The van der Waals surface area contributed by atoms with Crippen molar-refractivity contribution in [3.8, 4) is 0 Å². The van der Waals surface area contributed by atoms with Crippen LogP contribution in [0.3, 0.4) is 0 Å². The molecule has 7 heteroatoms. The zero-order valence-corrected chi connectivity index (χ0v) is 13.8. The summed E-state index contributed by atoms with van der Waals surface area (Å²) in [6.07, 6.45) is 5.08. The van der Waals surface area contributed by atoms with Crippen LogP contribution >= 0.6 is 0 Å². The van der Waals surface area contributed by atoms with Crippen LogP contribution in [0.2, 0.25) is 0 Å². The van der Waals surface area contributed by atoms with Gasteiger partial charge in [-0.1, -0.05) is 0 Å². The highest BCUT2D eigenvalue weighted by Gasteiger charge is 2.02. The third-order valence-corrected chi connectivity index (χ3v) is 3.35. The first-order chi connectivity index (χ1) is 11.7. The van der Waals surface area contributed by atoms with Crippen molar-refractivity contribution in [1.82, 2.24) is 20.4 Å². The van der Waals surface area contributed by atoms with Crippen molar-refractivity contribution < 1.29 is 8.78 Å². The van der Waals surface area contributed by atoms with E-state index >= 15 is 0 Å². The van der Waals surface area contributed by atoms with Crippen molar-refractivity contribution in [1.29, 1.82) is 0 Å². The molecule has 2 N–H and O–H groups in total. The summed E-state index contributed by atoms with van der Waals surface area (Å²) in [7, 11) is 0. The predicted octanol–water partition coefficient (Wildman–Crippen LogP) is 2.35. The maximum absolute atomic E-state index is 13.2. The van der Waals surface area contributed by atoms with E-state index in [1.165, 1.54) is 12.1 Å². The van der Waals surface area contributed by atoms with E-state index in [-0.39, 0.29) is 0 Å². The van der Waals surface area contributed by atoms with Gasteiger partial charge in [0, 0.05) is 44.6 Å². The third-order valence-electron chi connectivity index (χ3n) is 3.35. The van der Waals surface area contributed by atoms with Crippen LogP contribution in [0, 0.1) is 11.6 Å². The lowest BCUT2D eigenvalue weighted by molar-refractivity contribution is 0.579. The lowest BCUT2D eigenvalue weighted by Crippen LogP contribution is -2.38. The zero-order chi connectivity index (χ0) is 17.2. The van der Waals surface area contributed by atoms with Gasteiger partial charge in [-0.2, -0.15) is 5.10 Å². The number of aryl methyl sites for hydroxylation is 1. The van der Waals surface area contributed by atoms with E-state index in [4.69, 9.17) is 0 Å². The smallest absolute Gasteiger partial charge is 0.191 e. The summed E-state index contributed by atoms with van der Waals surface area (Å²) >= 11 is 0. The molecule has 0 bridgehead atoms. The van der Waals surface area contributed by atoms with Gasteiger partial charge >= 0.3 is 0 Å². The van der Waals surface area contributed by atoms with Crippen molar-refractivity contribution in [3.63, 3.8) is 0 Å². The van der Waals surface area contributed by atoms with Crippen molar-refractivity contribution in [2.45, 2.75) is 26.3 Å². The number of hydrogen-bond donors (Lipinski definition) is 2. The van der Waals surface area contributed by atoms with Crippen LogP contribution in [0.5, 0.6) is 0 Å². The van der Waals surface area contributed by atoms with E-state index in [1.54, 1.807) is 6.20 Å². The maximum Gasteiger partial charge on any atom is 0.191 e. The van der Waals surface area contributed by atoms with Gasteiger partial charge in [-0.05, 0) is 43.5 Å². The summed E-state index contributed by atoms with van der Waals surface area (Å²) in [6.45, 7) is 4.78. The number of nitrogens with one attached hydrogen (secondary N) is 2. The Hall–Kier alpha value is -2.44. The standard InChI is InChI=1S/C17H23F2N5/c1-2-20-17(21-6-3-9-24-10-4-7-23-24)22-8-5-14-11-15(18)13-16(19)12-14/h4,7,10-13H,2-3,5-6,8-9H2,1H3,(H2,20,21,22). The molecular weight excluding hydrogens is 312 g/mol. The molecule has 0 aliphatic carbocycles. The van der Waals surface area contributed by atoms with Crippen molar-refractivity contribution >= 4 is 5.96 Å². The van der Waals surface area contributed by atoms with Gasteiger partial charge < -0.3 is 10.6 Å². The van der Waals surface area contributed by atoms with Gasteiger partial charge in [0.2, 0.25) is 0 Å². The molecule has 1 aromatic heterocycles. The molecule has 0 fully saturated rings. The Kier molecular flexibility index (Phi) is 7.20. The normalized spacial score (nSPS) is 11.5. The van der Waals surface area contributed by atoms with E-state index in [0.29, 0.717) is 31.0 Å². The van der Waals surface area contributed by atoms with E-state index < -0.39 is 11.6 Å². The summed E-state index contributed by atoms with van der Waals surface area (Å²) < 4.78 is 28.2. The molecule has 1 aromatic carbocycles. The molecular formula is C17H23F2N5. The van der Waals surface area contributed by atoms with Crippen LogP contribution in [-0.2, 0) is 13.0 Å². The minimum absolute atomic E-state index is 0.520. The van der Waals surface area contributed by atoms with Crippen LogP contribution in [0.1, 0.15) is 18.9 Å². The summed E-state index contributed by atoms with van der Waals surface area (Å²) in [5.74, 6) is -0.400. The second-order valence-electron chi connectivity index (χ2n) is 5.34. The highest BCUT2D eigenvalue weighted by Crippen LogP contribution is 2.08. The van der Waals surface area contributed by atoms with Gasteiger partial charge in [-0.25, -0.2) is 8.78 Å². The van der Waals surface area contributed by atoms with Gasteiger partial charge in [0.25, 0.3) is 0 Å². The Morgan fingerprint density at radius 1 is 1.21 bits per heavy atom. The number of rotatable bonds is 8. The number of guanidine groups is 1. The molecule has 130 valence electrons. The Bertz CT molecular complexity index is 620. The maximum atomic E-state index is 13.2. The van der Waals surface area contributed by atoms with Crippen molar-refractivity contribution in [2.75, 3.05) is 19.6 Å². The SMILES string of the molecule is CCNC(=NCCCn1cccn1)NCCc1cc(F)cc(F)c1. The van der Waals surface area contributed by atoms with Gasteiger partial charge in [-0.3, -0.25) is 9.67 Å². The number of benzene rings is 1. The van der Waals surface area contributed by atoms with Crippen LogP contribution in [0.15, 0.2) is 41.7 Å². The van der Waals surface area contributed by atoms with Gasteiger partial charge in [0.1, 0.15) is 11.6 Å². The van der Waals surface area contributed by atoms with E-state index in [1.807, 2.05) is 23.9 Å². The summed E-state index contributed by atoms with van der Waals surface area (Å²) in [5.41, 5.74) is 0.620. The van der Waals surface area contributed by atoms with Crippen LogP contribution in [0.25, 0.3) is 0 Å². The number of halogens is 2. The fourth-order valence-electron chi connectivity index (χ4n) is 2.28. The second-order valence-corrected chi connectivity index (χ2v) is 5.34. The van der Waals surface area contributed by atoms with E-state index in [0.717, 1.165) is 25.6 Å². The number of hydrogen-bond acceptors (Lipinski definition) is 2. The first kappa shape index (κ1) is 17.9. The van der Waals surface area contributed by atoms with Crippen LogP contribution in [0.4, 0.5) is 8.78 Å². The van der Waals surface area contributed by atoms with Gasteiger partial charge in [0.05, 0.1) is 0 Å². The van der Waals surface area contributed by atoms with E-state index in [2.05, 4.69) is 20.7 Å². The molecule has 0 aliphatic rings. The average molecular weight is 335 g/mol. The van der Waals surface area contributed by atoms with Crippen LogP contribution < -0.4 is 10.6 Å². The first-order valence-electron chi connectivity index (χ1n) is 8.12. The summed E-state index contributed by atoms with van der Waals surface area (Å²) in [5, 5.41) is 10.5. The molecule has 0 radical (unpaired) electrons. The molecule has 0 unspecified atom stereocenters. The Labute approximate surface area is 140 Å².